The van der Waals surface area contributed by atoms with Crippen LogP contribution in [-0.2, 0) is 9.59 Å². The van der Waals surface area contributed by atoms with Gasteiger partial charge >= 0.3 is 0 Å². The highest BCUT2D eigenvalue weighted by molar-refractivity contribution is 6.33. The zero-order valence-electron chi connectivity index (χ0n) is 32.7. The molecule has 1 unspecified atom stereocenters. The van der Waals surface area contributed by atoms with Gasteiger partial charge in [0.1, 0.15) is 23.3 Å². The van der Waals surface area contributed by atoms with E-state index in [4.69, 9.17) is 22.9 Å². The van der Waals surface area contributed by atoms with Crippen LogP contribution in [0.25, 0.3) is 4.85 Å². The molecule has 59 heavy (non-hydrogen) atoms. The predicted molar refractivity (Wildman–Crippen MR) is 218 cm³/mol. The third-order valence-corrected chi connectivity index (χ3v) is 13.3. The standard InChI is InChI=1S/C43H46ClN9O6/c1-45-34-9-7-30(19-33(34)44)59-29-5-2-27(3-6-29)48-39(55)35-20-47-37(21-46-35)51-15-12-26(13-16-51)22-50-17-14-43(23-50)24-52(25-43)28-4-8-31-32(18-28)42(58)53(41(31)57)36-10-11-38(54)49-40(36)56/h4,7-9,18-21,26-27,29,36H,2-3,5-6,10-17,22-25H2,(H,48,55)(H,49,54,56). The van der Waals surface area contributed by atoms with Crippen LogP contribution >= 0.6 is 11.6 Å². The van der Waals surface area contributed by atoms with Crippen LogP contribution in [0.15, 0.2) is 48.8 Å². The Hall–Kier alpha value is -5.59. The zero-order valence-corrected chi connectivity index (χ0v) is 33.5. The Labute approximate surface area is 347 Å². The van der Waals surface area contributed by atoms with Gasteiger partial charge in [-0.2, -0.15) is 0 Å². The molecule has 5 fully saturated rings. The quantitative estimate of drug-likeness (QED) is 0.229. The van der Waals surface area contributed by atoms with Gasteiger partial charge in [-0.05, 0) is 94.2 Å². The molecule has 2 aromatic carbocycles. The molecule has 3 aromatic rings. The SMILES string of the molecule is [C-]#[N+]c1ccc(OC2CCC(NC(=O)c3cnc(N4CCC(CN5CCC6(C5)CN(c5ccc7c(c5)C(=O)N(C5CCC(=O)NC5=O)C7=O)C6)CC4)cn3)CC2)cc1Cl. The van der Waals surface area contributed by atoms with Crippen LogP contribution in [0.5, 0.6) is 5.75 Å². The van der Waals surface area contributed by atoms with E-state index in [1.54, 1.807) is 42.7 Å². The van der Waals surface area contributed by atoms with Gasteiger partial charge in [0, 0.05) is 62.8 Å². The molecule has 9 rings (SSSR count). The minimum atomic E-state index is -0.970. The normalized spacial score (nSPS) is 24.5. The van der Waals surface area contributed by atoms with Crippen LogP contribution in [0.3, 0.4) is 0 Å². The number of hydrogen-bond acceptors (Lipinski definition) is 11. The number of carbonyl (C=O) groups excluding carboxylic acids is 5. The second-order valence-corrected chi connectivity index (χ2v) is 17.4. The number of rotatable bonds is 9. The first kappa shape index (κ1) is 38.9. The van der Waals surface area contributed by atoms with Crippen molar-refractivity contribution in [3.8, 4) is 5.75 Å². The van der Waals surface area contributed by atoms with E-state index in [9.17, 15) is 24.0 Å². The van der Waals surface area contributed by atoms with Gasteiger partial charge in [-0.15, -0.1) is 0 Å². The molecule has 5 aliphatic heterocycles. The lowest BCUT2D eigenvalue weighted by Crippen LogP contribution is -2.58. The highest BCUT2D eigenvalue weighted by Gasteiger charge is 2.49. The zero-order chi connectivity index (χ0) is 40.8. The van der Waals surface area contributed by atoms with Crippen molar-refractivity contribution in [2.75, 3.05) is 55.6 Å². The van der Waals surface area contributed by atoms with E-state index in [0.717, 1.165) is 107 Å². The maximum atomic E-state index is 13.3. The summed E-state index contributed by atoms with van der Waals surface area (Å²) >= 11 is 6.16. The number of carbonyl (C=O) groups is 5. The Kier molecular flexibility index (Phi) is 10.5. The summed E-state index contributed by atoms with van der Waals surface area (Å²) in [5, 5.41) is 5.75. The number of hydrogen-bond donors (Lipinski definition) is 2. The van der Waals surface area contributed by atoms with Gasteiger partial charge in [0.2, 0.25) is 17.5 Å². The number of likely N-dealkylation sites (tertiary alicyclic amines) is 1. The summed E-state index contributed by atoms with van der Waals surface area (Å²) in [6, 6.07) is 9.55. The van der Waals surface area contributed by atoms with Gasteiger partial charge in [0.15, 0.2) is 0 Å². The number of piperidine rings is 2. The number of fused-ring (bicyclic) bond motifs is 1. The van der Waals surface area contributed by atoms with Crippen LogP contribution < -0.4 is 25.2 Å². The predicted octanol–water partition coefficient (Wildman–Crippen LogP) is 4.63. The number of anilines is 2. The van der Waals surface area contributed by atoms with Crippen LogP contribution in [0.4, 0.5) is 17.2 Å². The Morgan fingerprint density at radius 3 is 2.39 bits per heavy atom. The first-order valence-electron chi connectivity index (χ1n) is 20.6. The summed E-state index contributed by atoms with van der Waals surface area (Å²) in [5.41, 5.74) is 2.44. The highest BCUT2D eigenvalue weighted by Crippen LogP contribution is 2.43. The third kappa shape index (κ3) is 7.83. The van der Waals surface area contributed by atoms with E-state index < -0.39 is 29.7 Å². The first-order chi connectivity index (χ1) is 28.5. The van der Waals surface area contributed by atoms with Crippen molar-refractivity contribution < 1.29 is 28.7 Å². The number of nitrogens with zero attached hydrogens (tertiary/aromatic N) is 7. The van der Waals surface area contributed by atoms with Crippen molar-refractivity contribution in [2.24, 2.45) is 11.3 Å². The lowest BCUT2D eigenvalue weighted by molar-refractivity contribution is -0.136. The Balaban J connectivity index is 0.697. The van der Waals surface area contributed by atoms with Crippen LogP contribution in [-0.4, -0.2) is 113 Å². The lowest BCUT2D eigenvalue weighted by Gasteiger charge is -2.49. The second-order valence-electron chi connectivity index (χ2n) is 17.0. The molecule has 0 radical (unpaired) electrons. The first-order valence-corrected chi connectivity index (χ1v) is 21.0. The molecule has 1 spiro atoms. The van der Waals surface area contributed by atoms with Crippen LogP contribution in [0.1, 0.15) is 89.0 Å². The van der Waals surface area contributed by atoms with Crippen molar-refractivity contribution >= 4 is 58.3 Å². The molecular weight excluding hydrogens is 774 g/mol. The summed E-state index contributed by atoms with van der Waals surface area (Å²) in [5.74, 6) is -0.147. The third-order valence-electron chi connectivity index (χ3n) is 13.0. The Bertz CT molecular complexity index is 2220. The Morgan fingerprint density at radius 2 is 1.68 bits per heavy atom. The smallest absolute Gasteiger partial charge is 0.271 e. The molecule has 15 nitrogen and oxygen atoms in total. The molecule has 1 saturated carbocycles. The summed E-state index contributed by atoms with van der Waals surface area (Å²) in [6.45, 7) is 13.9. The molecule has 0 bridgehead atoms. The minimum Gasteiger partial charge on any atom is -0.490 e. The van der Waals surface area contributed by atoms with Crippen molar-refractivity contribution in [3.63, 3.8) is 0 Å². The minimum absolute atomic E-state index is 0.0272. The lowest BCUT2D eigenvalue weighted by atomic mass is 9.78. The van der Waals surface area contributed by atoms with Gasteiger partial charge in [-0.1, -0.05) is 17.7 Å². The summed E-state index contributed by atoms with van der Waals surface area (Å²) in [7, 11) is 0. The van der Waals surface area contributed by atoms with Gasteiger partial charge < -0.3 is 24.8 Å². The fourth-order valence-electron chi connectivity index (χ4n) is 9.78. The fraction of sp³-hybridized carbons (Fsp3) is 0.488. The average Bonchev–Trinajstić information content (AvgIpc) is 3.76. The largest absolute Gasteiger partial charge is 0.490 e. The van der Waals surface area contributed by atoms with Crippen molar-refractivity contribution in [1.29, 1.82) is 0 Å². The number of benzene rings is 2. The summed E-state index contributed by atoms with van der Waals surface area (Å²) in [6.07, 6.45) is 9.96. The van der Waals surface area contributed by atoms with Crippen molar-refractivity contribution in [1.82, 2.24) is 30.4 Å². The van der Waals surface area contributed by atoms with Gasteiger partial charge in [-0.25, -0.2) is 14.8 Å². The van der Waals surface area contributed by atoms with Gasteiger partial charge in [0.05, 0.1) is 41.2 Å². The van der Waals surface area contributed by atoms with Gasteiger partial charge in [0.25, 0.3) is 17.7 Å². The molecule has 6 aliphatic rings. The highest BCUT2D eigenvalue weighted by atomic mass is 35.5. The molecule has 1 atom stereocenters. The number of ether oxygens (including phenoxy) is 1. The van der Waals surface area contributed by atoms with Crippen LogP contribution in [0.2, 0.25) is 5.02 Å². The number of imide groups is 2. The number of halogens is 1. The topological polar surface area (TPSA) is 162 Å². The molecule has 2 N–H and O–H groups in total. The average molecular weight is 820 g/mol. The molecule has 1 aliphatic carbocycles. The molecule has 6 heterocycles. The summed E-state index contributed by atoms with van der Waals surface area (Å²) < 4.78 is 6.09. The molecule has 1 aromatic heterocycles. The summed E-state index contributed by atoms with van der Waals surface area (Å²) in [4.78, 5) is 84.2. The molecule has 4 saturated heterocycles. The van der Waals surface area contributed by atoms with E-state index in [1.165, 1.54) is 0 Å². The number of aromatic nitrogens is 2. The molecule has 306 valence electrons. The van der Waals surface area contributed by atoms with E-state index >= 15 is 0 Å². The number of nitrogens with one attached hydrogen (secondary N) is 2. The molecule has 16 heteroatoms. The maximum Gasteiger partial charge on any atom is 0.271 e. The maximum absolute atomic E-state index is 13.3. The number of amides is 5. The second kappa shape index (κ2) is 15.9. The van der Waals surface area contributed by atoms with E-state index in [2.05, 4.69) is 40.1 Å². The van der Waals surface area contributed by atoms with E-state index in [0.29, 0.717) is 39.2 Å². The van der Waals surface area contributed by atoms with Crippen molar-refractivity contribution in [3.05, 3.63) is 82.1 Å². The van der Waals surface area contributed by atoms with Gasteiger partial charge in [-0.3, -0.25) is 34.2 Å². The fourth-order valence-corrected chi connectivity index (χ4v) is 10.00. The molecular formula is C43H46ClN9O6. The Morgan fingerprint density at radius 1 is 0.898 bits per heavy atom. The van der Waals surface area contributed by atoms with E-state index in [-0.39, 0.29) is 36.3 Å². The van der Waals surface area contributed by atoms with E-state index in [1.807, 2.05) is 6.07 Å². The van der Waals surface area contributed by atoms with Crippen LogP contribution in [0, 0.1) is 17.9 Å². The van der Waals surface area contributed by atoms with Crippen molar-refractivity contribution in [2.45, 2.75) is 76.0 Å². The molecule has 5 amide bonds. The monoisotopic (exact) mass is 819 g/mol.